The summed E-state index contributed by atoms with van der Waals surface area (Å²) in [6.45, 7) is 8.86. The molecule has 0 N–H and O–H groups in total. The van der Waals surface area contributed by atoms with Gasteiger partial charge >= 0.3 is 9.28 Å². The standard InChI is InChI=1S/C10H24NO2Si/c1-6-10(11(7-2)8-3)9-14(12-4)13-5/h10H,6-9H2,1-5H3. The molecule has 4 heteroatoms. The van der Waals surface area contributed by atoms with Crippen LogP contribution in [0.1, 0.15) is 27.2 Å². The van der Waals surface area contributed by atoms with Crippen molar-refractivity contribution in [3.8, 4) is 0 Å². The van der Waals surface area contributed by atoms with Crippen molar-refractivity contribution in [3.63, 3.8) is 0 Å². The maximum Gasteiger partial charge on any atom is 0.385 e. The van der Waals surface area contributed by atoms with Gasteiger partial charge in [-0.15, -0.1) is 0 Å². The van der Waals surface area contributed by atoms with Gasteiger partial charge in [0.1, 0.15) is 0 Å². The van der Waals surface area contributed by atoms with E-state index in [1.807, 2.05) is 0 Å². The molecule has 0 aliphatic rings. The minimum Gasteiger partial charge on any atom is -0.397 e. The molecule has 0 bridgehead atoms. The molecule has 0 rings (SSSR count). The number of hydrogen-bond acceptors (Lipinski definition) is 3. The maximum absolute atomic E-state index is 5.32. The van der Waals surface area contributed by atoms with E-state index in [9.17, 15) is 0 Å². The molecule has 0 saturated heterocycles. The van der Waals surface area contributed by atoms with Gasteiger partial charge in [-0.1, -0.05) is 20.8 Å². The highest BCUT2D eigenvalue weighted by Gasteiger charge is 2.22. The Bertz CT molecular complexity index is 127. The largest absolute Gasteiger partial charge is 0.397 e. The minimum atomic E-state index is -1.04. The van der Waals surface area contributed by atoms with Crippen molar-refractivity contribution in [1.29, 1.82) is 0 Å². The smallest absolute Gasteiger partial charge is 0.385 e. The highest BCUT2D eigenvalue weighted by molar-refractivity contribution is 6.44. The van der Waals surface area contributed by atoms with Crippen LogP contribution in [0.3, 0.4) is 0 Å². The molecule has 1 atom stereocenters. The normalized spacial score (nSPS) is 13.9. The Labute approximate surface area is 90.2 Å². The first-order valence-corrected chi connectivity index (χ1v) is 6.93. The van der Waals surface area contributed by atoms with Crippen LogP contribution in [0.25, 0.3) is 0 Å². The summed E-state index contributed by atoms with van der Waals surface area (Å²) in [6, 6.07) is 1.66. The van der Waals surface area contributed by atoms with E-state index in [0.717, 1.165) is 19.1 Å². The van der Waals surface area contributed by atoms with E-state index in [-0.39, 0.29) is 0 Å². The number of hydrogen-bond donors (Lipinski definition) is 0. The third-order valence-electron chi connectivity index (χ3n) is 2.66. The zero-order valence-electron chi connectivity index (χ0n) is 10.2. The van der Waals surface area contributed by atoms with Crippen LogP contribution in [0.4, 0.5) is 0 Å². The van der Waals surface area contributed by atoms with Gasteiger partial charge in [0.05, 0.1) is 0 Å². The van der Waals surface area contributed by atoms with Gasteiger partial charge in [0.2, 0.25) is 0 Å². The summed E-state index contributed by atoms with van der Waals surface area (Å²) >= 11 is 0. The number of nitrogens with zero attached hydrogens (tertiary/aromatic N) is 1. The van der Waals surface area contributed by atoms with Crippen LogP contribution >= 0.6 is 0 Å². The summed E-state index contributed by atoms with van der Waals surface area (Å²) in [5.41, 5.74) is 0. The molecule has 14 heavy (non-hydrogen) atoms. The van der Waals surface area contributed by atoms with E-state index in [4.69, 9.17) is 8.85 Å². The lowest BCUT2D eigenvalue weighted by Crippen LogP contribution is -2.38. The van der Waals surface area contributed by atoms with Crippen molar-refractivity contribution in [3.05, 3.63) is 0 Å². The van der Waals surface area contributed by atoms with Gasteiger partial charge < -0.3 is 13.8 Å². The third-order valence-corrected chi connectivity index (χ3v) is 4.37. The van der Waals surface area contributed by atoms with Crippen LogP contribution in [0.5, 0.6) is 0 Å². The van der Waals surface area contributed by atoms with Crippen molar-refractivity contribution in [2.75, 3.05) is 27.3 Å². The van der Waals surface area contributed by atoms with Crippen molar-refractivity contribution < 1.29 is 8.85 Å². The van der Waals surface area contributed by atoms with Gasteiger partial charge in [-0.25, -0.2) is 0 Å². The summed E-state index contributed by atoms with van der Waals surface area (Å²) in [5.74, 6) is 0. The van der Waals surface area contributed by atoms with Gasteiger partial charge in [0.25, 0.3) is 0 Å². The summed E-state index contributed by atoms with van der Waals surface area (Å²) in [6.07, 6.45) is 1.17. The van der Waals surface area contributed by atoms with Gasteiger partial charge in [-0.3, -0.25) is 0 Å². The average Bonchev–Trinajstić information content (AvgIpc) is 2.24. The SMILES string of the molecule is CCC(C[Si](OC)OC)N(CC)CC. The van der Waals surface area contributed by atoms with E-state index < -0.39 is 9.28 Å². The van der Waals surface area contributed by atoms with Crippen LogP contribution < -0.4 is 0 Å². The van der Waals surface area contributed by atoms with Gasteiger partial charge in [0.15, 0.2) is 0 Å². The quantitative estimate of drug-likeness (QED) is 0.581. The fourth-order valence-electron chi connectivity index (χ4n) is 1.71. The molecule has 3 nitrogen and oxygen atoms in total. The average molecular weight is 218 g/mol. The van der Waals surface area contributed by atoms with E-state index in [0.29, 0.717) is 6.04 Å². The fraction of sp³-hybridized carbons (Fsp3) is 1.00. The topological polar surface area (TPSA) is 21.7 Å². The first-order valence-electron chi connectivity index (χ1n) is 5.41. The van der Waals surface area contributed by atoms with E-state index in [1.54, 1.807) is 14.2 Å². The monoisotopic (exact) mass is 218 g/mol. The molecule has 0 spiro atoms. The molecule has 1 radical (unpaired) electrons. The molecular formula is C10H24NO2Si. The highest BCUT2D eigenvalue weighted by atomic mass is 28.3. The number of rotatable bonds is 8. The Morgan fingerprint density at radius 3 is 1.86 bits per heavy atom. The van der Waals surface area contributed by atoms with Crippen molar-refractivity contribution in [2.45, 2.75) is 39.3 Å². The molecule has 0 saturated carbocycles. The molecule has 0 fully saturated rings. The summed E-state index contributed by atoms with van der Waals surface area (Å²) in [5, 5.41) is 0. The molecule has 0 amide bonds. The summed E-state index contributed by atoms with van der Waals surface area (Å²) < 4.78 is 10.6. The zero-order valence-corrected chi connectivity index (χ0v) is 11.2. The van der Waals surface area contributed by atoms with Crippen LogP contribution in [-0.2, 0) is 8.85 Å². The molecule has 0 aromatic carbocycles. The second-order valence-corrected chi connectivity index (χ2v) is 5.24. The van der Waals surface area contributed by atoms with Crippen LogP contribution in [-0.4, -0.2) is 47.5 Å². The summed E-state index contributed by atoms with van der Waals surface area (Å²) in [7, 11) is 2.45. The Hall–Kier alpha value is 0.0969. The summed E-state index contributed by atoms with van der Waals surface area (Å²) in [4.78, 5) is 2.47. The molecule has 0 aromatic heterocycles. The van der Waals surface area contributed by atoms with Crippen molar-refractivity contribution >= 4 is 9.28 Å². The second kappa shape index (κ2) is 8.41. The zero-order chi connectivity index (χ0) is 11.0. The third kappa shape index (κ3) is 4.55. The van der Waals surface area contributed by atoms with Crippen molar-refractivity contribution in [2.24, 2.45) is 0 Å². The fourth-order valence-corrected chi connectivity index (χ4v) is 3.15. The maximum atomic E-state index is 5.32. The predicted octanol–water partition coefficient (Wildman–Crippen LogP) is 1.89. The predicted molar refractivity (Wildman–Crippen MR) is 61.6 cm³/mol. The Kier molecular flexibility index (Phi) is 8.47. The lowest BCUT2D eigenvalue weighted by molar-refractivity contribution is 0.203. The van der Waals surface area contributed by atoms with Gasteiger partial charge in [0, 0.05) is 26.3 Å². The van der Waals surface area contributed by atoms with Gasteiger partial charge in [-0.2, -0.15) is 0 Å². The van der Waals surface area contributed by atoms with Crippen LogP contribution in [0, 0.1) is 0 Å². The van der Waals surface area contributed by atoms with Gasteiger partial charge in [-0.05, 0) is 19.5 Å². The Morgan fingerprint density at radius 2 is 1.57 bits per heavy atom. The van der Waals surface area contributed by atoms with Crippen molar-refractivity contribution in [1.82, 2.24) is 4.90 Å². The lowest BCUT2D eigenvalue weighted by atomic mass is 10.2. The van der Waals surface area contributed by atoms with Crippen LogP contribution in [0.2, 0.25) is 6.04 Å². The Morgan fingerprint density at radius 1 is 1.07 bits per heavy atom. The second-order valence-electron chi connectivity index (χ2n) is 3.27. The molecule has 0 aliphatic carbocycles. The molecular weight excluding hydrogens is 194 g/mol. The highest BCUT2D eigenvalue weighted by Crippen LogP contribution is 2.12. The molecule has 0 aromatic rings. The van der Waals surface area contributed by atoms with Crippen LogP contribution in [0.15, 0.2) is 0 Å². The van der Waals surface area contributed by atoms with E-state index >= 15 is 0 Å². The minimum absolute atomic E-state index is 0.610. The van der Waals surface area contributed by atoms with E-state index in [1.165, 1.54) is 6.42 Å². The molecule has 1 unspecified atom stereocenters. The molecule has 85 valence electrons. The Balaban J connectivity index is 4.10. The molecule has 0 heterocycles. The molecule has 0 aliphatic heterocycles. The first kappa shape index (κ1) is 14.1. The first-order chi connectivity index (χ1) is 6.73. The van der Waals surface area contributed by atoms with E-state index in [2.05, 4.69) is 25.7 Å². The lowest BCUT2D eigenvalue weighted by Gasteiger charge is -2.29.